The van der Waals surface area contributed by atoms with Crippen LogP contribution in [-0.2, 0) is 4.79 Å². The predicted octanol–water partition coefficient (Wildman–Crippen LogP) is 2.09. The lowest BCUT2D eigenvalue weighted by Crippen LogP contribution is -2.46. The van der Waals surface area contributed by atoms with Gasteiger partial charge >= 0.3 is 0 Å². The lowest BCUT2D eigenvalue weighted by molar-refractivity contribution is -0.120. The number of aliphatic hydroxyl groups excluding tert-OH is 1. The van der Waals surface area contributed by atoms with Crippen LogP contribution in [0.15, 0.2) is 0 Å². The van der Waals surface area contributed by atoms with E-state index in [1.807, 2.05) is 0 Å². The van der Waals surface area contributed by atoms with E-state index in [-0.39, 0.29) is 24.0 Å². The third-order valence-corrected chi connectivity index (χ3v) is 3.92. The lowest BCUT2D eigenvalue weighted by Gasteiger charge is -2.33. The summed E-state index contributed by atoms with van der Waals surface area (Å²) in [6.45, 7) is 5.88. The van der Waals surface area contributed by atoms with E-state index < -0.39 is 0 Å². The van der Waals surface area contributed by atoms with Gasteiger partial charge in [0, 0.05) is 18.9 Å². The summed E-state index contributed by atoms with van der Waals surface area (Å²) in [6, 6.07) is 0.157. The summed E-state index contributed by atoms with van der Waals surface area (Å²) in [4.78, 5) is 11.3. The highest BCUT2D eigenvalue weighted by molar-refractivity contribution is 5.73. The van der Waals surface area contributed by atoms with Crippen molar-refractivity contribution in [1.29, 1.82) is 0 Å². The number of rotatable bonds is 5. The number of amides is 1. The fourth-order valence-electron chi connectivity index (χ4n) is 2.99. The number of carbonyl (C=O) groups is 1. The smallest absolute Gasteiger partial charge is 0.217 e. The van der Waals surface area contributed by atoms with Crippen LogP contribution in [-0.4, -0.2) is 23.2 Å². The summed E-state index contributed by atoms with van der Waals surface area (Å²) in [6.07, 6.45) is 4.92. The molecule has 0 radical (unpaired) electrons. The summed E-state index contributed by atoms with van der Waals surface area (Å²) in [7, 11) is 0. The molecule has 3 nitrogen and oxygen atoms in total. The summed E-state index contributed by atoms with van der Waals surface area (Å²) in [5, 5.41) is 13.0. The number of aliphatic hydroxyl groups is 1. The summed E-state index contributed by atoms with van der Waals surface area (Å²) in [5.74, 6) is 0.770. The molecule has 3 atom stereocenters. The maximum absolute atomic E-state index is 11.3. The van der Waals surface area contributed by atoms with Crippen molar-refractivity contribution in [3.63, 3.8) is 0 Å². The Bertz CT molecular complexity index is 226. The maximum atomic E-state index is 11.3. The fraction of sp³-hybridized carbons (Fsp3) is 0.923. The van der Waals surface area contributed by atoms with E-state index in [1.54, 1.807) is 6.92 Å². The van der Waals surface area contributed by atoms with E-state index in [9.17, 15) is 9.90 Å². The van der Waals surface area contributed by atoms with E-state index in [2.05, 4.69) is 19.2 Å². The van der Waals surface area contributed by atoms with Gasteiger partial charge in [0.1, 0.15) is 0 Å². The van der Waals surface area contributed by atoms with Crippen molar-refractivity contribution in [3.8, 4) is 0 Å². The molecule has 1 unspecified atom stereocenters. The molecule has 0 aliphatic heterocycles. The number of nitrogens with one attached hydrogen (secondary N) is 1. The van der Waals surface area contributed by atoms with Crippen molar-refractivity contribution in [1.82, 2.24) is 5.32 Å². The molecule has 0 aromatic rings. The topological polar surface area (TPSA) is 49.3 Å². The van der Waals surface area contributed by atoms with E-state index >= 15 is 0 Å². The van der Waals surface area contributed by atoms with Crippen LogP contribution in [0.5, 0.6) is 0 Å². The highest BCUT2D eigenvalue weighted by atomic mass is 16.3. The SMILES string of the molecule is CCC(CC)C(NC(C)=O)[C@H]1CCC[C@H]1O. The zero-order valence-corrected chi connectivity index (χ0v) is 10.7. The Morgan fingerprint density at radius 1 is 1.38 bits per heavy atom. The first kappa shape index (κ1) is 13.5. The first-order valence-electron chi connectivity index (χ1n) is 6.55. The highest BCUT2D eigenvalue weighted by Gasteiger charge is 2.36. The van der Waals surface area contributed by atoms with Crippen LogP contribution in [0.1, 0.15) is 52.9 Å². The van der Waals surface area contributed by atoms with Crippen LogP contribution >= 0.6 is 0 Å². The predicted molar refractivity (Wildman–Crippen MR) is 65.0 cm³/mol. The van der Waals surface area contributed by atoms with Gasteiger partial charge in [-0.05, 0) is 18.8 Å². The van der Waals surface area contributed by atoms with Gasteiger partial charge in [0.15, 0.2) is 0 Å². The summed E-state index contributed by atoms with van der Waals surface area (Å²) >= 11 is 0. The fourth-order valence-corrected chi connectivity index (χ4v) is 2.99. The molecule has 94 valence electrons. The van der Waals surface area contributed by atoms with Crippen molar-refractivity contribution in [2.45, 2.75) is 65.0 Å². The quantitative estimate of drug-likeness (QED) is 0.755. The van der Waals surface area contributed by atoms with Gasteiger partial charge in [0.2, 0.25) is 5.91 Å². The Kier molecular flexibility index (Phi) is 5.26. The largest absolute Gasteiger partial charge is 0.393 e. The minimum atomic E-state index is -0.225. The number of hydrogen-bond donors (Lipinski definition) is 2. The second-order valence-corrected chi connectivity index (χ2v) is 4.96. The molecule has 3 heteroatoms. The normalized spacial score (nSPS) is 27.1. The zero-order chi connectivity index (χ0) is 12.1. The van der Waals surface area contributed by atoms with Crippen LogP contribution in [0, 0.1) is 11.8 Å². The van der Waals surface area contributed by atoms with Crippen molar-refractivity contribution in [3.05, 3.63) is 0 Å². The maximum Gasteiger partial charge on any atom is 0.217 e. The van der Waals surface area contributed by atoms with Gasteiger partial charge in [0.25, 0.3) is 0 Å². The van der Waals surface area contributed by atoms with E-state index in [4.69, 9.17) is 0 Å². The molecule has 0 spiro atoms. The van der Waals surface area contributed by atoms with Crippen molar-refractivity contribution >= 4 is 5.91 Å². The molecule has 1 amide bonds. The van der Waals surface area contributed by atoms with Crippen LogP contribution in [0.2, 0.25) is 0 Å². The van der Waals surface area contributed by atoms with Crippen molar-refractivity contribution in [2.24, 2.45) is 11.8 Å². The molecule has 1 saturated carbocycles. The van der Waals surface area contributed by atoms with Crippen molar-refractivity contribution in [2.75, 3.05) is 0 Å². The van der Waals surface area contributed by atoms with Gasteiger partial charge in [-0.2, -0.15) is 0 Å². The summed E-state index contributed by atoms with van der Waals surface area (Å²) < 4.78 is 0. The molecule has 1 fully saturated rings. The average Bonchev–Trinajstić information content (AvgIpc) is 2.64. The van der Waals surface area contributed by atoms with Crippen LogP contribution in [0.3, 0.4) is 0 Å². The van der Waals surface area contributed by atoms with Gasteiger partial charge in [-0.25, -0.2) is 0 Å². The third kappa shape index (κ3) is 3.21. The highest BCUT2D eigenvalue weighted by Crippen LogP contribution is 2.33. The standard InChI is InChI=1S/C13H25NO2/c1-4-10(5-2)13(14-9(3)15)11-7-6-8-12(11)16/h10-13,16H,4-8H2,1-3H3,(H,14,15)/t11-,12+,13?/m0/s1. The van der Waals surface area contributed by atoms with Gasteiger partial charge in [0.05, 0.1) is 6.10 Å². The zero-order valence-electron chi connectivity index (χ0n) is 10.7. The van der Waals surface area contributed by atoms with E-state index in [0.29, 0.717) is 5.92 Å². The Morgan fingerprint density at radius 2 is 2.00 bits per heavy atom. The second-order valence-electron chi connectivity index (χ2n) is 4.96. The first-order chi connectivity index (χ1) is 7.60. The second kappa shape index (κ2) is 6.24. The molecule has 0 heterocycles. The Morgan fingerprint density at radius 3 is 2.38 bits per heavy atom. The van der Waals surface area contributed by atoms with Gasteiger partial charge < -0.3 is 10.4 Å². The van der Waals surface area contributed by atoms with Gasteiger partial charge in [-0.1, -0.05) is 33.1 Å². The third-order valence-electron chi connectivity index (χ3n) is 3.92. The molecule has 16 heavy (non-hydrogen) atoms. The summed E-state index contributed by atoms with van der Waals surface area (Å²) in [5.41, 5.74) is 0. The van der Waals surface area contributed by atoms with Crippen LogP contribution in [0.25, 0.3) is 0 Å². The van der Waals surface area contributed by atoms with Crippen molar-refractivity contribution < 1.29 is 9.90 Å². The van der Waals surface area contributed by atoms with Crippen LogP contribution < -0.4 is 5.32 Å². The molecule has 0 aromatic carbocycles. The monoisotopic (exact) mass is 227 g/mol. The minimum absolute atomic E-state index is 0.0241. The van der Waals surface area contributed by atoms with Crippen LogP contribution in [0.4, 0.5) is 0 Å². The van der Waals surface area contributed by atoms with E-state index in [1.165, 1.54) is 0 Å². The Labute approximate surface area is 98.6 Å². The Balaban J connectivity index is 2.72. The minimum Gasteiger partial charge on any atom is -0.393 e. The van der Waals surface area contributed by atoms with Gasteiger partial charge in [-0.3, -0.25) is 4.79 Å². The molecular formula is C13H25NO2. The molecule has 0 aromatic heterocycles. The van der Waals surface area contributed by atoms with Gasteiger partial charge in [-0.15, -0.1) is 0 Å². The molecule has 2 N–H and O–H groups in total. The molecular weight excluding hydrogens is 202 g/mol. The molecule has 1 aliphatic rings. The molecule has 1 aliphatic carbocycles. The number of carbonyl (C=O) groups excluding carboxylic acids is 1. The molecule has 1 rings (SSSR count). The number of hydrogen-bond acceptors (Lipinski definition) is 2. The average molecular weight is 227 g/mol. The van der Waals surface area contributed by atoms with E-state index in [0.717, 1.165) is 32.1 Å². The first-order valence-corrected chi connectivity index (χ1v) is 6.55. The molecule has 0 saturated heterocycles. The lowest BCUT2D eigenvalue weighted by atomic mass is 9.83. The molecule has 0 bridgehead atoms. The Hall–Kier alpha value is -0.570.